The quantitative estimate of drug-likeness (QED) is 0.383. The van der Waals surface area contributed by atoms with Gasteiger partial charge in [0.1, 0.15) is 12.1 Å². The van der Waals surface area contributed by atoms with E-state index in [0.29, 0.717) is 0 Å². The molecular formula is C12H23N3O5. The van der Waals surface area contributed by atoms with E-state index in [-0.39, 0.29) is 5.92 Å². The largest absolute Gasteiger partial charge is 0.480 e. The third-order valence-electron chi connectivity index (χ3n) is 2.71. The number of aliphatic hydroxyl groups excluding tert-OH is 1. The molecule has 0 rings (SSSR count). The first-order chi connectivity index (χ1) is 9.07. The van der Waals surface area contributed by atoms with Crippen LogP contribution in [0.2, 0.25) is 0 Å². The summed E-state index contributed by atoms with van der Waals surface area (Å²) in [6.45, 7) is 6.02. The minimum Gasteiger partial charge on any atom is -0.480 e. The van der Waals surface area contributed by atoms with Gasteiger partial charge in [0, 0.05) is 0 Å². The van der Waals surface area contributed by atoms with Crippen LogP contribution in [0, 0.1) is 5.92 Å². The van der Waals surface area contributed by atoms with Crippen LogP contribution in [0.4, 0.5) is 0 Å². The maximum atomic E-state index is 12.0. The zero-order valence-electron chi connectivity index (χ0n) is 12.1. The highest BCUT2D eigenvalue weighted by Gasteiger charge is 2.31. The van der Waals surface area contributed by atoms with Crippen LogP contribution in [-0.2, 0) is 14.4 Å². The number of carbonyl (C=O) groups is 3. The zero-order valence-corrected chi connectivity index (χ0v) is 12.1. The number of carboxylic acids is 1. The monoisotopic (exact) mass is 289 g/mol. The van der Waals surface area contributed by atoms with Crippen LogP contribution in [0.5, 0.6) is 0 Å². The molecule has 0 aromatic heterocycles. The van der Waals surface area contributed by atoms with Gasteiger partial charge in [0.05, 0.1) is 12.1 Å². The van der Waals surface area contributed by atoms with E-state index in [4.69, 9.17) is 10.8 Å². The fourth-order valence-corrected chi connectivity index (χ4v) is 1.45. The molecule has 4 atom stereocenters. The molecule has 0 saturated carbocycles. The lowest BCUT2D eigenvalue weighted by Gasteiger charge is -2.25. The summed E-state index contributed by atoms with van der Waals surface area (Å²) in [4.78, 5) is 34.5. The average molecular weight is 289 g/mol. The number of amides is 2. The lowest BCUT2D eigenvalue weighted by molar-refractivity contribution is -0.144. The number of hydrogen-bond acceptors (Lipinski definition) is 5. The van der Waals surface area contributed by atoms with Crippen molar-refractivity contribution >= 4 is 17.8 Å². The lowest BCUT2D eigenvalue weighted by atomic mass is 10.0. The van der Waals surface area contributed by atoms with E-state index in [1.165, 1.54) is 13.8 Å². The number of aliphatic hydroxyl groups is 1. The molecular weight excluding hydrogens is 266 g/mol. The van der Waals surface area contributed by atoms with E-state index in [1.807, 2.05) is 0 Å². The fourth-order valence-electron chi connectivity index (χ4n) is 1.45. The summed E-state index contributed by atoms with van der Waals surface area (Å²) in [5.74, 6) is -2.90. The van der Waals surface area contributed by atoms with Crippen molar-refractivity contribution in [2.75, 3.05) is 0 Å². The normalized spacial score (nSPS) is 16.9. The maximum absolute atomic E-state index is 12.0. The van der Waals surface area contributed by atoms with Gasteiger partial charge in [-0.05, 0) is 19.8 Å². The van der Waals surface area contributed by atoms with Crippen molar-refractivity contribution < 1.29 is 24.6 Å². The van der Waals surface area contributed by atoms with Gasteiger partial charge in [-0.1, -0.05) is 13.8 Å². The van der Waals surface area contributed by atoms with Crippen LogP contribution in [0.3, 0.4) is 0 Å². The van der Waals surface area contributed by atoms with Crippen LogP contribution in [0.1, 0.15) is 27.7 Å². The first kappa shape index (κ1) is 18.3. The molecule has 0 saturated heterocycles. The molecule has 0 unspecified atom stereocenters. The molecule has 6 N–H and O–H groups in total. The molecule has 0 aromatic rings. The Morgan fingerprint density at radius 2 is 1.40 bits per heavy atom. The Kier molecular flexibility index (Phi) is 7.16. The predicted molar refractivity (Wildman–Crippen MR) is 71.7 cm³/mol. The molecule has 0 spiro atoms. The molecule has 0 radical (unpaired) electrons. The van der Waals surface area contributed by atoms with Gasteiger partial charge in [-0.2, -0.15) is 0 Å². The molecule has 8 nitrogen and oxygen atoms in total. The van der Waals surface area contributed by atoms with Gasteiger partial charge < -0.3 is 26.6 Å². The van der Waals surface area contributed by atoms with Crippen molar-refractivity contribution in [2.45, 2.75) is 51.9 Å². The summed E-state index contributed by atoms with van der Waals surface area (Å²) in [5, 5.41) is 23.1. The third kappa shape index (κ3) is 5.54. The molecule has 0 heterocycles. The Balaban J connectivity index is 4.89. The SMILES string of the molecule is CC(C)[C@H](NC(=O)[C@@H](NC(=O)[C@H](C)N)[C@@H](C)O)C(=O)O. The van der Waals surface area contributed by atoms with Crippen LogP contribution in [0.25, 0.3) is 0 Å². The Hall–Kier alpha value is -1.67. The second-order valence-electron chi connectivity index (χ2n) is 5.08. The average Bonchev–Trinajstić information content (AvgIpc) is 2.30. The molecule has 0 aromatic carbocycles. The highest BCUT2D eigenvalue weighted by Crippen LogP contribution is 2.03. The third-order valence-corrected chi connectivity index (χ3v) is 2.71. The second kappa shape index (κ2) is 7.81. The van der Waals surface area contributed by atoms with Crippen molar-refractivity contribution in [1.82, 2.24) is 10.6 Å². The van der Waals surface area contributed by atoms with Crippen molar-refractivity contribution in [3.05, 3.63) is 0 Å². The highest BCUT2D eigenvalue weighted by atomic mass is 16.4. The Morgan fingerprint density at radius 3 is 1.70 bits per heavy atom. The summed E-state index contributed by atoms with van der Waals surface area (Å²) in [7, 11) is 0. The Bertz CT molecular complexity index is 368. The minimum absolute atomic E-state index is 0.338. The summed E-state index contributed by atoms with van der Waals surface area (Å²) in [6, 6.07) is -3.20. The number of hydrogen-bond donors (Lipinski definition) is 5. The van der Waals surface area contributed by atoms with Gasteiger partial charge in [0.15, 0.2) is 0 Å². The predicted octanol–water partition coefficient (Wildman–Crippen LogP) is -1.58. The maximum Gasteiger partial charge on any atom is 0.326 e. The van der Waals surface area contributed by atoms with E-state index in [1.54, 1.807) is 13.8 Å². The first-order valence-corrected chi connectivity index (χ1v) is 6.35. The van der Waals surface area contributed by atoms with Gasteiger partial charge in [0.25, 0.3) is 0 Å². The number of rotatable bonds is 7. The number of aliphatic carboxylic acids is 1. The Morgan fingerprint density at radius 1 is 0.950 bits per heavy atom. The number of nitrogens with one attached hydrogen (secondary N) is 2. The van der Waals surface area contributed by atoms with Crippen LogP contribution in [0.15, 0.2) is 0 Å². The van der Waals surface area contributed by atoms with E-state index in [2.05, 4.69) is 10.6 Å². The molecule has 2 amide bonds. The summed E-state index contributed by atoms with van der Waals surface area (Å²) in [6.07, 6.45) is -1.18. The number of carboxylic acid groups (broad SMARTS) is 1. The molecule has 116 valence electrons. The summed E-state index contributed by atoms with van der Waals surface area (Å²) < 4.78 is 0. The zero-order chi connectivity index (χ0) is 16.0. The van der Waals surface area contributed by atoms with Gasteiger partial charge >= 0.3 is 5.97 Å². The van der Waals surface area contributed by atoms with Crippen molar-refractivity contribution in [3.8, 4) is 0 Å². The van der Waals surface area contributed by atoms with Gasteiger partial charge in [-0.3, -0.25) is 9.59 Å². The Labute approximate surface area is 117 Å². The minimum atomic E-state index is -1.26. The second-order valence-corrected chi connectivity index (χ2v) is 5.08. The summed E-state index contributed by atoms with van der Waals surface area (Å²) >= 11 is 0. The number of carbonyl (C=O) groups excluding carboxylic acids is 2. The molecule has 0 aliphatic heterocycles. The van der Waals surface area contributed by atoms with E-state index in [9.17, 15) is 19.5 Å². The molecule has 20 heavy (non-hydrogen) atoms. The first-order valence-electron chi connectivity index (χ1n) is 6.35. The molecule has 0 aliphatic rings. The highest BCUT2D eigenvalue weighted by molar-refractivity contribution is 5.92. The van der Waals surface area contributed by atoms with Crippen molar-refractivity contribution in [1.29, 1.82) is 0 Å². The lowest BCUT2D eigenvalue weighted by Crippen LogP contribution is -2.58. The number of nitrogens with two attached hydrogens (primary N) is 1. The molecule has 0 fully saturated rings. The van der Waals surface area contributed by atoms with Crippen LogP contribution < -0.4 is 16.4 Å². The molecule has 0 aliphatic carbocycles. The van der Waals surface area contributed by atoms with Gasteiger partial charge in [0.2, 0.25) is 11.8 Å². The summed E-state index contributed by atoms with van der Waals surface area (Å²) in [5.41, 5.74) is 5.36. The van der Waals surface area contributed by atoms with Crippen LogP contribution in [-0.4, -0.2) is 52.2 Å². The van der Waals surface area contributed by atoms with E-state index in [0.717, 1.165) is 0 Å². The molecule has 0 bridgehead atoms. The van der Waals surface area contributed by atoms with Crippen molar-refractivity contribution in [3.63, 3.8) is 0 Å². The van der Waals surface area contributed by atoms with Gasteiger partial charge in [-0.25, -0.2) is 4.79 Å². The van der Waals surface area contributed by atoms with Crippen molar-refractivity contribution in [2.24, 2.45) is 11.7 Å². The van der Waals surface area contributed by atoms with Gasteiger partial charge in [-0.15, -0.1) is 0 Å². The smallest absolute Gasteiger partial charge is 0.326 e. The van der Waals surface area contributed by atoms with Crippen LogP contribution >= 0.6 is 0 Å². The topological polar surface area (TPSA) is 142 Å². The molecule has 8 heteroatoms. The fraction of sp³-hybridized carbons (Fsp3) is 0.750. The standard InChI is InChI=1S/C12H23N3O5/c1-5(2)8(12(19)20)14-11(18)9(7(4)16)15-10(17)6(3)13/h5-9,16H,13H2,1-4H3,(H,14,18)(H,15,17)(H,19,20)/t6-,7+,8-,9-/m0/s1. The van der Waals surface area contributed by atoms with E-state index < -0.39 is 42.0 Å². The van der Waals surface area contributed by atoms with E-state index >= 15 is 0 Å².